The molecule has 148 valence electrons. The maximum Gasteiger partial charge on any atom is 0.218 e. The second kappa shape index (κ2) is 14.5. The van der Waals surface area contributed by atoms with Crippen LogP contribution in [-0.4, -0.2) is 31.0 Å². The summed E-state index contributed by atoms with van der Waals surface area (Å²) in [5, 5.41) is 14.2. The lowest BCUT2D eigenvalue weighted by Gasteiger charge is -2.05. The van der Waals surface area contributed by atoms with Crippen LogP contribution < -0.4 is 27.8 Å². The van der Waals surface area contributed by atoms with E-state index in [2.05, 4.69) is 25.6 Å². The van der Waals surface area contributed by atoms with E-state index in [4.69, 9.17) is 34.1 Å². The maximum absolute atomic E-state index is 8.35. The third-order valence-corrected chi connectivity index (χ3v) is 3.41. The topological polar surface area (TPSA) is 163 Å². The molecule has 0 aliphatic heterocycles. The van der Waals surface area contributed by atoms with Gasteiger partial charge in [0.25, 0.3) is 0 Å². The number of nitrogens with two attached hydrogens (primary N) is 3. The highest BCUT2D eigenvalue weighted by Crippen LogP contribution is 2.12. The number of unbranched alkanes of at least 4 members (excludes halogenated alkanes) is 3. The molecule has 0 heterocycles. The standard InChI is InChI=1S/C16H24ClN9.ClH/c17-12-5-7-13(8-6-12)25-16(21)26-15(20)23-10-4-2-1-3-9-22-14(19)24-11-18;/h5-8H,1-4,9-10H2,(H3,19,22,24)(H5,20,21,23,25,26);1H. The summed E-state index contributed by atoms with van der Waals surface area (Å²) < 4.78 is 0. The van der Waals surface area contributed by atoms with Gasteiger partial charge in [-0.3, -0.25) is 15.3 Å². The van der Waals surface area contributed by atoms with Crippen molar-refractivity contribution in [2.24, 2.45) is 32.2 Å². The molecule has 0 saturated carbocycles. The van der Waals surface area contributed by atoms with Crippen LogP contribution in [0.5, 0.6) is 0 Å². The average molecular weight is 414 g/mol. The summed E-state index contributed by atoms with van der Waals surface area (Å²) >= 11 is 5.82. The van der Waals surface area contributed by atoms with Crippen molar-refractivity contribution in [2.45, 2.75) is 25.7 Å². The van der Waals surface area contributed by atoms with Crippen molar-refractivity contribution < 1.29 is 0 Å². The Morgan fingerprint density at radius 2 is 1.56 bits per heavy atom. The van der Waals surface area contributed by atoms with Crippen molar-refractivity contribution in [1.29, 1.82) is 5.26 Å². The SMILES string of the molecule is Cl.N#CNC(N)=NCCCCCCN=C(N)N=C(N)Nc1ccc(Cl)cc1. The molecule has 8 N–H and O–H groups in total. The summed E-state index contributed by atoms with van der Waals surface area (Å²) in [5.41, 5.74) is 17.7. The smallest absolute Gasteiger partial charge is 0.218 e. The number of nitrogens with one attached hydrogen (secondary N) is 2. The Morgan fingerprint density at radius 1 is 0.963 bits per heavy atom. The Balaban J connectivity index is 0.00000676. The Bertz CT molecular complexity index is 678. The Labute approximate surface area is 170 Å². The molecule has 0 radical (unpaired) electrons. The molecule has 0 atom stereocenters. The van der Waals surface area contributed by atoms with E-state index in [9.17, 15) is 0 Å². The molecule has 27 heavy (non-hydrogen) atoms. The number of benzene rings is 1. The van der Waals surface area contributed by atoms with E-state index in [1.165, 1.54) is 0 Å². The molecule has 0 amide bonds. The van der Waals surface area contributed by atoms with Crippen molar-refractivity contribution in [1.82, 2.24) is 5.32 Å². The van der Waals surface area contributed by atoms with Crippen LogP contribution in [0.1, 0.15) is 25.7 Å². The Hall–Kier alpha value is -2.70. The average Bonchev–Trinajstić information content (AvgIpc) is 2.59. The molecule has 0 aliphatic carbocycles. The lowest BCUT2D eigenvalue weighted by Crippen LogP contribution is -2.27. The number of nitriles is 1. The Morgan fingerprint density at radius 3 is 2.15 bits per heavy atom. The summed E-state index contributed by atoms with van der Waals surface area (Å²) in [5.74, 6) is 0.437. The fourth-order valence-electron chi connectivity index (χ4n) is 1.93. The van der Waals surface area contributed by atoms with Gasteiger partial charge in [0.2, 0.25) is 17.9 Å². The normalized spacial score (nSPS) is 12.1. The van der Waals surface area contributed by atoms with E-state index in [1.54, 1.807) is 30.5 Å². The van der Waals surface area contributed by atoms with Gasteiger partial charge in [-0.15, -0.1) is 12.4 Å². The molecule has 9 nitrogen and oxygen atoms in total. The molecule has 0 spiro atoms. The van der Waals surface area contributed by atoms with Gasteiger partial charge in [0, 0.05) is 23.8 Å². The van der Waals surface area contributed by atoms with Crippen LogP contribution in [0.15, 0.2) is 39.2 Å². The molecule has 0 saturated heterocycles. The summed E-state index contributed by atoms with van der Waals surface area (Å²) in [6, 6.07) is 7.06. The van der Waals surface area contributed by atoms with Gasteiger partial charge in [-0.05, 0) is 37.1 Å². The molecule has 0 unspecified atom stereocenters. The first-order chi connectivity index (χ1) is 12.5. The molecule has 0 aromatic heterocycles. The van der Waals surface area contributed by atoms with Crippen molar-refractivity contribution in [3.8, 4) is 6.19 Å². The van der Waals surface area contributed by atoms with Crippen LogP contribution in [0.2, 0.25) is 5.02 Å². The van der Waals surface area contributed by atoms with E-state index in [0.29, 0.717) is 18.1 Å². The minimum absolute atomic E-state index is 0. The van der Waals surface area contributed by atoms with E-state index in [0.717, 1.165) is 31.4 Å². The monoisotopic (exact) mass is 413 g/mol. The van der Waals surface area contributed by atoms with Crippen LogP contribution >= 0.6 is 24.0 Å². The van der Waals surface area contributed by atoms with E-state index < -0.39 is 0 Å². The molecule has 0 aliphatic rings. The zero-order valence-electron chi connectivity index (χ0n) is 14.9. The van der Waals surface area contributed by atoms with Crippen LogP contribution in [0.3, 0.4) is 0 Å². The van der Waals surface area contributed by atoms with Gasteiger partial charge in [-0.25, -0.2) is 0 Å². The predicted octanol–water partition coefficient (Wildman–Crippen LogP) is 1.75. The highest BCUT2D eigenvalue weighted by Gasteiger charge is 1.97. The van der Waals surface area contributed by atoms with Crippen LogP contribution in [-0.2, 0) is 0 Å². The van der Waals surface area contributed by atoms with Crippen molar-refractivity contribution in [3.05, 3.63) is 29.3 Å². The molecule has 11 heteroatoms. The molecule has 0 bridgehead atoms. The van der Waals surface area contributed by atoms with Gasteiger partial charge in [0.1, 0.15) is 0 Å². The third kappa shape index (κ3) is 12.3. The lowest BCUT2D eigenvalue weighted by molar-refractivity contribution is 0.653. The summed E-state index contributed by atoms with van der Waals surface area (Å²) in [6.07, 6.45) is 5.47. The predicted molar refractivity (Wildman–Crippen MR) is 114 cm³/mol. The number of halogens is 2. The number of hydrogen-bond acceptors (Lipinski definition) is 3. The zero-order chi connectivity index (χ0) is 19.2. The third-order valence-electron chi connectivity index (χ3n) is 3.16. The molecule has 1 aromatic rings. The number of anilines is 1. The van der Waals surface area contributed by atoms with Gasteiger partial charge in [0.05, 0.1) is 0 Å². The van der Waals surface area contributed by atoms with Crippen LogP contribution in [0.4, 0.5) is 5.69 Å². The first-order valence-electron chi connectivity index (χ1n) is 8.13. The first-order valence-corrected chi connectivity index (χ1v) is 8.50. The van der Waals surface area contributed by atoms with Gasteiger partial charge < -0.3 is 22.5 Å². The largest absolute Gasteiger partial charge is 0.369 e. The summed E-state index contributed by atoms with van der Waals surface area (Å²) in [7, 11) is 0. The van der Waals surface area contributed by atoms with Crippen LogP contribution in [0.25, 0.3) is 0 Å². The minimum atomic E-state index is 0. The summed E-state index contributed by atoms with van der Waals surface area (Å²) in [4.78, 5) is 12.2. The molecule has 1 rings (SSSR count). The second-order valence-electron chi connectivity index (χ2n) is 5.29. The van der Waals surface area contributed by atoms with Crippen molar-refractivity contribution >= 4 is 47.6 Å². The fourth-order valence-corrected chi connectivity index (χ4v) is 2.06. The number of rotatable bonds is 8. The fraction of sp³-hybridized carbons (Fsp3) is 0.375. The first kappa shape index (κ1) is 24.3. The second-order valence-corrected chi connectivity index (χ2v) is 5.72. The maximum atomic E-state index is 8.35. The van der Waals surface area contributed by atoms with Gasteiger partial charge in [0.15, 0.2) is 6.19 Å². The van der Waals surface area contributed by atoms with Gasteiger partial charge in [-0.2, -0.15) is 10.3 Å². The molecule has 1 aromatic carbocycles. The number of aliphatic imine (C=N–C) groups is 3. The summed E-state index contributed by atoms with van der Waals surface area (Å²) in [6.45, 7) is 1.16. The van der Waals surface area contributed by atoms with Crippen LogP contribution in [0, 0.1) is 11.5 Å². The Kier molecular flexibility index (Phi) is 13.0. The minimum Gasteiger partial charge on any atom is -0.369 e. The van der Waals surface area contributed by atoms with E-state index >= 15 is 0 Å². The van der Waals surface area contributed by atoms with E-state index in [1.807, 2.05) is 0 Å². The van der Waals surface area contributed by atoms with E-state index in [-0.39, 0.29) is 30.3 Å². The molecule has 0 fully saturated rings. The quantitative estimate of drug-likeness (QED) is 0.143. The molecular formula is C16H25Cl2N9. The van der Waals surface area contributed by atoms with Gasteiger partial charge in [-0.1, -0.05) is 24.4 Å². The highest BCUT2D eigenvalue weighted by molar-refractivity contribution is 6.30. The molecular weight excluding hydrogens is 389 g/mol. The lowest BCUT2D eigenvalue weighted by atomic mass is 10.2. The highest BCUT2D eigenvalue weighted by atomic mass is 35.5. The number of guanidine groups is 3. The zero-order valence-corrected chi connectivity index (χ0v) is 16.4. The van der Waals surface area contributed by atoms with Crippen molar-refractivity contribution in [3.63, 3.8) is 0 Å². The van der Waals surface area contributed by atoms with Gasteiger partial charge >= 0.3 is 0 Å². The number of hydrogen-bond donors (Lipinski definition) is 5. The van der Waals surface area contributed by atoms with Crippen molar-refractivity contribution in [2.75, 3.05) is 18.4 Å². The number of nitrogens with zero attached hydrogens (tertiary/aromatic N) is 4.